The van der Waals surface area contributed by atoms with Crippen molar-refractivity contribution in [3.05, 3.63) is 65.2 Å². The summed E-state index contributed by atoms with van der Waals surface area (Å²) in [6.07, 6.45) is 0. The highest BCUT2D eigenvalue weighted by Gasteiger charge is 2.45. The van der Waals surface area contributed by atoms with E-state index in [1.165, 1.54) is 4.31 Å². The van der Waals surface area contributed by atoms with Crippen LogP contribution in [0, 0.1) is 0 Å². The molecule has 2 atom stereocenters. The van der Waals surface area contributed by atoms with Crippen LogP contribution in [0.2, 0.25) is 5.02 Å². The zero-order valence-corrected chi connectivity index (χ0v) is 11.6. The smallest absolute Gasteiger partial charge is 0.207 e. The van der Waals surface area contributed by atoms with Gasteiger partial charge in [0.15, 0.2) is 0 Å². The number of halogens is 1. The Labute approximate surface area is 117 Å². The summed E-state index contributed by atoms with van der Waals surface area (Å²) in [5, 5.41) is 0.655. The van der Waals surface area contributed by atoms with E-state index in [9.17, 15) is 8.42 Å². The first-order chi connectivity index (χ1) is 9.09. The van der Waals surface area contributed by atoms with E-state index in [2.05, 4.69) is 0 Å². The lowest BCUT2D eigenvalue weighted by Gasteiger charge is -2.06. The van der Waals surface area contributed by atoms with E-state index >= 15 is 0 Å². The van der Waals surface area contributed by atoms with Crippen LogP contribution in [0.5, 0.6) is 0 Å². The van der Waals surface area contributed by atoms with E-state index in [0.717, 1.165) is 5.56 Å². The normalized spacial score (nSPS) is 22.2. The van der Waals surface area contributed by atoms with Crippen LogP contribution < -0.4 is 0 Å². The number of hydrogen-bond acceptors (Lipinski definition) is 2. The summed E-state index contributed by atoms with van der Waals surface area (Å²) >= 11 is 5.83. The van der Waals surface area contributed by atoms with Crippen LogP contribution in [-0.2, 0) is 10.0 Å². The first-order valence-corrected chi connectivity index (χ1v) is 7.73. The first kappa shape index (κ1) is 12.7. The van der Waals surface area contributed by atoms with Gasteiger partial charge in [-0.05, 0) is 29.8 Å². The Hall–Kier alpha value is -1.36. The standard InChI is InChI=1S/C14H12ClNO2S/c15-12-8-6-11(7-9-12)14-10-16(14)19(17,18)13-4-2-1-3-5-13/h1-9,14H,10H2. The monoisotopic (exact) mass is 293 g/mol. The summed E-state index contributed by atoms with van der Waals surface area (Å²) < 4.78 is 26.2. The Morgan fingerprint density at radius 3 is 2.26 bits per heavy atom. The molecule has 5 heteroatoms. The van der Waals surface area contributed by atoms with Crippen molar-refractivity contribution in [1.82, 2.24) is 4.31 Å². The van der Waals surface area contributed by atoms with Gasteiger partial charge in [-0.2, -0.15) is 4.31 Å². The summed E-state index contributed by atoms with van der Waals surface area (Å²) in [6, 6.07) is 15.7. The molecule has 0 spiro atoms. The minimum Gasteiger partial charge on any atom is -0.207 e. The molecule has 3 nitrogen and oxygen atoms in total. The van der Waals surface area contributed by atoms with E-state index in [4.69, 9.17) is 11.6 Å². The fourth-order valence-electron chi connectivity index (χ4n) is 2.07. The molecule has 1 aliphatic heterocycles. The molecule has 98 valence electrons. The second kappa shape index (κ2) is 4.63. The third-order valence-corrected chi connectivity index (χ3v) is 5.31. The maximum absolute atomic E-state index is 12.3. The van der Waals surface area contributed by atoms with E-state index in [1.807, 2.05) is 12.1 Å². The highest BCUT2D eigenvalue weighted by molar-refractivity contribution is 7.89. The van der Waals surface area contributed by atoms with Gasteiger partial charge < -0.3 is 0 Å². The Morgan fingerprint density at radius 2 is 1.63 bits per heavy atom. The summed E-state index contributed by atoms with van der Waals surface area (Å²) in [7, 11) is -3.37. The molecule has 2 unspecified atom stereocenters. The fourth-order valence-corrected chi connectivity index (χ4v) is 3.77. The molecule has 0 aliphatic carbocycles. The molecule has 0 saturated carbocycles. The highest BCUT2D eigenvalue weighted by Crippen LogP contribution is 2.40. The maximum Gasteiger partial charge on any atom is 0.243 e. The molecule has 3 rings (SSSR count). The number of hydrogen-bond donors (Lipinski definition) is 0. The molecule has 0 bridgehead atoms. The van der Waals surface area contributed by atoms with Crippen molar-refractivity contribution in [3.63, 3.8) is 0 Å². The second-order valence-corrected chi connectivity index (χ2v) is 6.78. The van der Waals surface area contributed by atoms with Crippen molar-refractivity contribution in [1.29, 1.82) is 0 Å². The molecule has 0 amide bonds. The second-order valence-electron chi connectivity index (χ2n) is 4.46. The van der Waals surface area contributed by atoms with Gasteiger partial charge in [0, 0.05) is 11.6 Å². The fraction of sp³-hybridized carbons (Fsp3) is 0.143. The van der Waals surface area contributed by atoms with Crippen molar-refractivity contribution >= 4 is 21.6 Å². The minimum atomic E-state index is -3.37. The van der Waals surface area contributed by atoms with Gasteiger partial charge in [-0.15, -0.1) is 0 Å². The number of nitrogens with zero attached hydrogens (tertiary/aromatic N) is 1. The molecule has 1 fully saturated rings. The minimum absolute atomic E-state index is 0.0672. The number of rotatable bonds is 3. The van der Waals surface area contributed by atoms with Crippen LogP contribution in [0.25, 0.3) is 0 Å². The summed E-state index contributed by atoms with van der Waals surface area (Å²) in [6.45, 7) is 0.527. The van der Waals surface area contributed by atoms with E-state index in [-0.39, 0.29) is 6.04 Å². The third-order valence-electron chi connectivity index (χ3n) is 3.17. The van der Waals surface area contributed by atoms with Crippen LogP contribution in [0.4, 0.5) is 0 Å². The van der Waals surface area contributed by atoms with Crippen LogP contribution in [0.3, 0.4) is 0 Å². The molecule has 1 saturated heterocycles. The molecular weight excluding hydrogens is 282 g/mol. The van der Waals surface area contributed by atoms with Crippen molar-refractivity contribution in [2.75, 3.05) is 6.54 Å². The van der Waals surface area contributed by atoms with Gasteiger partial charge in [-0.3, -0.25) is 0 Å². The topological polar surface area (TPSA) is 37.1 Å². The highest BCUT2D eigenvalue weighted by atomic mass is 35.5. The van der Waals surface area contributed by atoms with Gasteiger partial charge in [0.2, 0.25) is 10.0 Å². The summed E-state index contributed by atoms with van der Waals surface area (Å²) in [4.78, 5) is 0.339. The van der Waals surface area contributed by atoms with Crippen LogP contribution in [-0.4, -0.2) is 19.3 Å². The Kier molecular flexibility index (Phi) is 3.09. The molecule has 1 aliphatic rings. The summed E-state index contributed by atoms with van der Waals surface area (Å²) in [5.41, 5.74) is 0.976. The molecule has 2 aromatic rings. The van der Waals surface area contributed by atoms with Gasteiger partial charge in [-0.1, -0.05) is 41.9 Å². The van der Waals surface area contributed by atoms with Gasteiger partial charge in [-0.25, -0.2) is 8.42 Å². The Balaban J connectivity index is 1.85. The largest absolute Gasteiger partial charge is 0.243 e. The lowest BCUT2D eigenvalue weighted by Crippen LogP contribution is -2.12. The molecule has 1 heterocycles. The van der Waals surface area contributed by atoms with Crippen LogP contribution in [0.1, 0.15) is 11.6 Å². The molecule has 0 radical (unpaired) electrons. The maximum atomic E-state index is 12.3. The quantitative estimate of drug-likeness (QED) is 0.816. The molecular formula is C14H12ClNO2S. The van der Waals surface area contributed by atoms with Crippen molar-refractivity contribution < 1.29 is 8.42 Å². The van der Waals surface area contributed by atoms with Gasteiger partial charge >= 0.3 is 0 Å². The summed E-state index contributed by atoms with van der Waals surface area (Å²) in [5.74, 6) is 0. The SMILES string of the molecule is O=S(=O)(c1ccccc1)N1CC1c1ccc(Cl)cc1. The predicted molar refractivity (Wildman–Crippen MR) is 74.5 cm³/mol. The van der Waals surface area contributed by atoms with Crippen molar-refractivity contribution in [2.24, 2.45) is 0 Å². The predicted octanol–water partition coefficient (Wildman–Crippen LogP) is 3.09. The van der Waals surface area contributed by atoms with Crippen molar-refractivity contribution in [3.8, 4) is 0 Å². The van der Waals surface area contributed by atoms with Gasteiger partial charge in [0.05, 0.1) is 10.9 Å². The van der Waals surface area contributed by atoms with Crippen LogP contribution in [0.15, 0.2) is 59.5 Å². The average molecular weight is 294 g/mol. The number of sulfonamides is 1. The number of benzene rings is 2. The van der Waals surface area contributed by atoms with Crippen LogP contribution >= 0.6 is 11.6 Å². The van der Waals surface area contributed by atoms with Gasteiger partial charge in [0.25, 0.3) is 0 Å². The van der Waals surface area contributed by atoms with E-state index < -0.39 is 10.0 Å². The van der Waals surface area contributed by atoms with E-state index in [1.54, 1.807) is 42.5 Å². The Bertz CT molecular complexity index is 683. The zero-order chi connectivity index (χ0) is 13.5. The molecule has 0 N–H and O–H groups in total. The van der Waals surface area contributed by atoms with Gasteiger partial charge in [0.1, 0.15) is 0 Å². The molecule has 0 aromatic heterocycles. The zero-order valence-electron chi connectivity index (χ0n) is 10.0. The first-order valence-electron chi connectivity index (χ1n) is 5.91. The lowest BCUT2D eigenvalue weighted by atomic mass is 10.2. The lowest BCUT2D eigenvalue weighted by molar-refractivity contribution is 0.554. The van der Waals surface area contributed by atoms with E-state index in [0.29, 0.717) is 16.5 Å². The third kappa shape index (κ3) is 2.39. The molecule has 19 heavy (non-hydrogen) atoms. The molecule has 2 aromatic carbocycles. The Morgan fingerprint density at radius 1 is 1.00 bits per heavy atom. The van der Waals surface area contributed by atoms with Crippen molar-refractivity contribution in [2.45, 2.75) is 10.9 Å². The average Bonchev–Trinajstić information content (AvgIpc) is 3.22.